The average Bonchev–Trinajstić information content (AvgIpc) is 2.69. The number of benzene rings is 2. The molecular weight excluding hydrogens is 352 g/mol. The third kappa shape index (κ3) is 4.59. The van der Waals surface area contributed by atoms with Crippen LogP contribution in [-0.2, 0) is 6.54 Å². The summed E-state index contributed by atoms with van der Waals surface area (Å²) in [5.74, 6) is 0.724. The van der Waals surface area contributed by atoms with Crippen molar-refractivity contribution in [3.63, 3.8) is 0 Å². The molecule has 0 saturated heterocycles. The SMILES string of the molecule is CC(C)c1ccc(NC(=O)c2cccnc2NCc2ccc(O)c(N)c2)cc1. The fourth-order valence-corrected chi connectivity index (χ4v) is 2.78. The zero-order valence-corrected chi connectivity index (χ0v) is 15.9. The molecule has 0 spiro atoms. The zero-order valence-electron chi connectivity index (χ0n) is 15.9. The third-order valence-electron chi connectivity index (χ3n) is 4.44. The van der Waals surface area contributed by atoms with Gasteiger partial charge < -0.3 is 21.5 Å². The number of phenolic OH excluding ortho intramolecular Hbond substituents is 1. The number of aromatic nitrogens is 1. The first-order chi connectivity index (χ1) is 13.4. The Morgan fingerprint density at radius 3 is 2.57 bits per heavy atom. The van der Waals surface area contributed by atoms with E-state index in [1.54, 1.807) is 36.5 Å². The van der Waals surface area contributed by atoms with Gasteiger partial charge in [-0.1, -0.05) is 32.0 Å². The highest BCUT2D eigenvalue weighted by Gasteiger charge is 2.13. The van der Waals surface area contributed by atoms with Gasteiger partial charge in [-0.3, -0.25) is 4.79 Å². The minimum atomic E-state index is -0.238. The molecule has 0 radical (unpaired) electrons. The molecule has 3 rings (SSSR count). The van der Waals surface area contributed by atoms with E-state index in [0.29, 0.717) is 29.5 Å². The lowest BCUT2D eigenvalue weighted by atomic mass is 10.0. The highest BCUT2D eigenvalue weighted by atomic mass is 16.3. The van der Waals surface area contributed by atoms with Crippen LogP contribution >= 0.6 is 0 Å². The van der Waals surface area contributed by atoms with Gasteiger partial charge in [0.15, 0.2) is 0 Å². The van der Waals surface area contributed by atoms with Gasteiger partial charge in [-0.05, 0) is 53.4 Å². The largest absolute Gasteiger partial charge is 0.506 e. The van der Waals surface area contributed by atoms with E-state index in [1.807, 2.05) is 24.3 Å². The van der Waals surface area contributed by atoms with Crippen LogP contribution in [0.4, 0.5) is 17.2 Å². The first-order valence-electron chi connectivity index (χ1n) is 9.11. The molecule has 0 atom stereocenters. The Kier molecular flexibility index (Phi) is 5.79. The second kappa shape index (κ2) is 8.43. The van der Waals surface area contributed by atoms with Crippen LogP contribution in [0.25, 0.3) is 0 Å². The van der Waals surface area contributed by atoms with Crippen molar-refractivity contribution < 1.29 is 9.90 Å². The Balaban J connectivity index is 1.71. The van der Waals surface area contributed by atoms with E-state index < -0.39 is 0 Å². The van der Waals surface area contributed by atoms with Gasteiger partial charge in [-0.25, -0.2) is 4.98 Å². The van der Waals surface area contributed by atoms with Gasteiger partial charge in [0.2, 0.25) is 0 Å². The predicted molar refractivity (Wildman–Crippen MR) is 113 cm³/mol. The number of hydrogen-bond acceptors (Lipinski definition) is 5. The van der Waals surface area contributed by atoms with E-state index in [4.69, 9.17) is 5.73 Å². The number of nitrogen functional groups attached to an aromatic ring is 1. The summed E-state index contributed by atoms with van der Waals surface area (Å²) < 4.78 is 0. The highest BCUT2D eigenvalue weighted by molar-refractivity contribution is 6.07. The second-order valence-electron chi connectivity index (χ2n) is 6.88. The molecule has 1 amide bonds. The Bertz CT molecular complexity index is 969. The van der Waals surface area contributed by atoms with Gasteiger partial charge >= 0.3 is 0 Å². The number of phenols is 1. The topological polar surface area (TPSA) is 100 Å². The van der Waals surface area contributed by atoms with Gasteiger partial charge in [0.05, 0.1) is 11.3 Å². The molecule has 144 valence electrons. The Labute approximate surface area is 164 Å². The number of nitrogens with zero attached hydrogens (tertiary/aromatic N) is 1. The number of carbonyl (C=O) groups is 1. The van der Waals surface area contributed by atoms with Gasteiger partial charge in [-0.2, -0.15) is 0 Å². The molecule has 0 aliphatic rings. The summed E-state index contributed by atoms with van der Waals surface area (Å²) in [7, 11) is 0. The standard InChI is InChI=1S/C22H24N4O2/c1-14(2)16-6-8-17(9-7-16)26-22(28)18-4-3-11-24-21(18)25-13-15-5-10-20(27)19(23)12-15/h3-12,14,27H,13,23H2,1-2H3,(H,24,25)(H,26,28). The molecule has 28 heavy (non-hydrogen) atoms. The first kappa shape index (κ1) is 19.2. The molecule has 0 bridgehead atoms. The van der Waals surface area contributed by atoms with Crippen molar-refractivity contribution >= 4 is 23.1 Å². The lowest BCUT2D eigenvalue weighted by molar-refractivity contribution is 0.102. The summed E-state index contributed by atoms with van der Waals surface area (Å²) in [5.41, 5.74) is 9.30. The maximum atomic E-state index is 12.7. The van der Waals surface area contributed by atoms with Gasteiger partial charge in [0.25, 0.3) is 5.91 Å². The molecule has 6 heteroatoms. The molecule has 1 heterocycles. The molecule has 1 aromatic heterocycles. The van der Waals surface area contributed by atoms with Gasteiger partial charge in [0.1, 0.15) is 11.6 Å². The maximum Gasteiger partial charge on any atom is 0.259 e. The van der Waals surface area contributed by atoms with Crippen LogP contribution in [0, 0.1) is 0 Å². The van der Waals surface area contributed by atoms with E-state index >= 15 is 0 Å². The van der Waals surface area contributed by atoms with Crippen molar-refractivity contribution in [2.24, 2.45) is 0 Å². The number of anilines is 3. The minimum absolute atomic E-state index is 0.0464. The van der Waals surface area contributed by atoms with Crippen LogP contribution in [-0.4, -0.2) is 16.0 Å². The summed E-state index contributed by atoms with van der Waals surface area (Å²) >= 11 is 0. The number of hydrogen-bond donors (Lipinski definition) is 4. The van der Waals surface area contributed by atoms with Crippen LogP contribution in [0.5, 0.6) is 5.75 Å². The van der Waals surface area contributed by atoms with Crippen molar-refractivity contribution in [3.8, 4) is 5.75 Å². The Morgan fingerprint density at radius 1 is 1.14 bits per heavy atom. The lowest BCUT2D eigenvalue weighted by Crippen LogP contribution is -2.15. The Morgan fingerprint density at radius 2 is 1.89 bits per heavy atom. The number of nitrogens with one attached hydrogen (secondary N) is 2. The lowest BCUT2D eigenvalue weighted by Gasteiger charge is -2.12. The van der Waals surface area contributed by atoms with E-state index in [2.05, 4.69) is 29.5 Å². The Hall–Kier alpha value is -3.54. The molecule has 0 saturated carbocycles. The van der Waals surface area contributed by atoms with Gasteiger partial charge in [0, 0.05) is 18.4 Å². The molecule has 0 aliphatic carbocycles. The van der Waals surface area contributed by atoms with Crippen molar-refractivity contribution in [1.29, 1.82) is 0 Å². The summed E-state index contributed by atoms with van der Waals surface area (Å²) in [6, 6.07) is 16.2. The van der Waals surface area contributed by atoms with Crippen molar-refractivity contribution in [2.75, 3.05) is 16.4 Å². The number of carbonyl (C=O) groups excluding carboxylic acids is 1. The third-order valence-corrected chi connectivity index (χ3v) is 4.44. The van der Waals surface area contributed by atoms with Gasteiger partial charge in [-0.15, -0.1) is 0 Å². The number of amides is 1. The molecule has 2 aromatic carbocycles. The summed E-state index contributed by atoms with van der Waals surface area (Å²) in [5, 5.41) is 15.6. The number of pyridine rings is 1. The van der Waals surface area contributed by atoms with Crippen molar-refractivity contribution in [1.82, 2.24) is 4.98 Å². The summed E-state index contributed by atoms with van der Waals surface area (Å²) in [6.07, 6.45) is 1.63. The molecule has 6 nitrogen and oxygen atoms in total. The molecule has 0 unspecified atom stereocenters. The molecule has 0 fully saturated rings. The van der Waals surface area contributed by atoms with E-state index in [9.17, 15) is 9.90 Å². The monoisotopic (exact) mass is 376 g/mol. The van der Waals surface area contributed by atoms with Crippen LogP contribution in [0.2, 0.25) is 0 Å². The van der Waals surface area contributed by atoms with Crippen molar-refractivity contribution in [3.05, 3.63) is 77.5 Å². The number of aromatic hydroxyl groups is 1. The summed E-state index contributed by atoms with van der Waals surface area (Å²) in [6.45, 7) is 4.68. The van der Waals surface area contributed by atoms with Crippen LogP contribution in [0.1, 0.15) is 41.3 Å². The number of rotatable bonds is 6. The quantitative estimate of drug-likeness (QED) is 0.378. The first-order valence-corrected chi connectivity index (χ1v) is 9.11. The fraction of sp³-hybridized carbons (Fsp3) is 0.182. The minimum Gasteiger partial charge on any atom is -0.506 e. The maximum absolute atomic E-state index is 12.7. The highest BCUT2D eigenvalue weighted by Crippen LogP contribution is 2.22. The second-order valence-corrected chi connectivity index (χ2v) is 6.88. The van der Waals surface area contributed by atoms with Crippen LogP contribution in [0.3, 0.4) is 0 Å². The predicted octanol–water partition coefficient (Wildman–Crippen LogP) is 4.36. The van der Waals surface area contributed by atoms with Crippen LogP contribution < -0.4 is 16.4 Å². The van der Waals surface area contributed by atoms with Crippen molar-refractivity contribution in [2.45, 2.75) is 26.3 Å². The van der Waals surface area contributed by atoms with E-state index in [-0.39, 0.29) is 11.7 Å². The molecule has 5 N–H and O–H groups in total. The molecule has 0 aliphatic heterocycles. The fourth-order valence-electron chi connectivity index (χ4n) is 2.78. The molecular formula is C22H24N4O2. The smallest absolute Gasteiger partial charge is 0.259 e. The van der Waals surface area contributed by atoms with E-state index in [0.717, 1.165) is 11.3 Å². The zero-order chi connectivity index (χ0) is 20.1. The van der Waals surface area contributed by atoms with Crippen LogP contribution in [0.15, 0.2) is 60.8 Å². The number of nitrogens with two attached hydrogens (primary N) is 1. The van der Waals surface area contributed by atoms with E-state index in [1.165, 1.54) is 5.56 Å². The molecule has 3 aromatic rings. The average molecular weight is 376 g/mol. The summed E-state index contributed by atoms with van der Waals surface area (Å²) in [4.78, 5) is 17.0. The normalized spacial score (nSPS) is 10.7.